The van der Waals surface area contributed by atoms with Gasteiger partial charge in [-0.3, -0.25) is 14.6 Å². The lowest BCUT2D eigenvalue weighted by atomic mass is 10.0. The van der Waals surface area contributed by atoms with E-state index >= 15 is 0 Å². The number of carbonyl (C=O) groups excluding carboxylic acids is 2. The van der Waals surface area contributed by atoms with E-state index in [1.807, 2.05) is 0 Å². The molecule has 8 heteroatoms. The van der Waals surface area contributed by atoms with Crippen LogP contribution in [0.5, 0.6) is 5.75 Å². The van der Waals surface area contributed by atoms with Gasteiger partial charge in [0.25, 0.3) is 12.3 Å². The number of aromatic nitrogens is 1. The van der Waals surface area contributed by atoms with Crippen LogP contribution < -0.4 is 10.1 Å². The molecule has 0 saturated carbocycles. The molecule has 2 aromatic rings. The van der Waals surface area contributed by atoms with Gasteiger partial charge in [0.05, 0.1) is 11.1 Å². The van der Waals surface area contributed by atoms with E-state index in [4.69, 9.17) is 16.3 Å². The Morgan fingerprint density at radius 3 is 2.62 bits per heavy atom. The molecular formula is C21H23ClF2N2O3. The Labute approximate surface area is 173 Å². The van der Waals surface area contributed by atoms with E-state index in [-0.39, 0.29) is 28.9 Å². The highest BCUT2D eigenvalue weighted by atomic mass is 35.5. The second-order valence-electron chi connectivity index (χ2n) is 6.65. The highest BCUT2D eigenvalue weighted by Gasteiger charge is 2.17. The van der Waals surface area contributed by atoms with E-state index in [0.717, 1.165) is 0 Å². The van der Waals surface area contributed by atoms with Gasteiger partial charge in [-0.25, -0.2) is 8.78 Å². The van der Waals surface area contributed by atoms with Crippen molar-refractivity contribution in [3.63, 3.8) is 0 Å². The summed E-state index contributed by atoms with van der Waals surface area (Å²) in [7, 11) is 0. The van der Waals surface area contributed by atoms with E-state index in [9.17, 15) is 18.4 Å². The fraction of sp³-hybridized carbons (Fsp3) is 0.381. The largest absolute Gasteiger partial charge is 0.486 e. The molecule has 1 aromatic heterocycles. The first-order valence-electron chi connectivity index (χ1n) is 9.19. The van der Waals surface area contributed by atoms with Gasteiger partial charge in [-0.15, -0.1) is 0 Å². The summed E-state index contributed by atoms with van der Waals surface area (Å²) in [6.45, 7) is 4.52. The number of nitrogens with one attached hydrogen (secondary N) is 1. The van der Waals surface area contributed by atoms with Crippen molar-refractivity contribution in [3.05, 3.63) is 57.9 Å². The summed E-state index contributed by atoms with van der Waals surface area (Å²) in [5.74, 6) is -0.0757. The third kappa shape index (κ3) is 6.49. The number of halogens is 3. The second kappa shape index (κ2) is 10.3. The number of amides is 1. The number of alkyl halides is 2. The van der Waals surface area contributed by atoms with Gasteiger partial charge in [-0.2, -0.15) is 0 Å². The molecule has 0 aliphatic heterocycles. The molecule has 156 valence electrons. The number of ketones is 1. The van der Waals surface area contributed by atoms with Gasteiger partial charge in [-0.05, 0) is 43.2 Å². The summed E-state index contributed by atoms with van der Waals surface area (Å²) in [5.41, 5.74) is 2.24. The molecule has 0 bridgehead atoms. The number of rotatable bonds is 9. The summed E-state index contributed by atoms with van der Waals surface area (Å²) in [6.07, 6.45) is -0.510. The number of ether oxygens (including phenoxy) is 1. The molecule has 1 heterocycles. The van der Waals surface area contributed by atoms with Crippen LogP contribution in [-0.4, -0.2) is 29.7 Å². The first-order chi connectivity index (χ1) is 13.7. The Morgan fingerprint density at radius 2 is 2.00 bits per heavy atom. The smallest absolute Gasteiger partial charge is 0.272 e. The number of pyridine rings is 1. The minimum absolute atomic E-state index is 0.0442. The SMILES string of the molecule is CCC(=O)Cc1cc(C(=O)NC(C)c2cc(C)c(OCC(F)F)c(Cl)c2)ccn1. The maximum absolute atomic E-state index is 12.6. The summed E-state index contributed by atoms with van der Waals surface area (Å²) in [4.78, 5) is 28.3. The Balaban J connectivity index is 2.11. The third-order valence-corrected chi connectivity index (χ3v) is 4.59. The standard InChI is InChI=1S/C21H23ClF2N2O3/c1-4-17(27)10-16-8-14(5-6-25-16)21(28)26-13(3)15-7-12(2)20(18(22)9-15)29-11-19(23)24/h5-9,13,19H,4,10-11H2,1-3H3,(H,26,28). The lowest BCUT2D eigenvalue weighted by Crippen LogP contribution is -2.27. The average molecular weight is 425 g/mol. The van der Waals surface area contributed by atoms with E-state index in [0.29, 0.717) is 28.8 Å². The topological polar surface area (TPSA) is 68.3 Å². The first-order valence-corrected chi connectivity index (χ1v) is 9.57. The number of Topliss-reactive ketones (excluding diaryl/α,β-unsaturated/α-hetero) is 1. The molecule has 2 rings (SSSR count). The zero-order valence-electron chi connectivity index (χ0n) is 16.5. The van der Waals surface area contributed by atoms with Crippen LogP contribution in [0.2, 0.25) is 5.02 Å². The van der Waals surface area contributed by atoms with Crippen LogP contribution in [0.3, 0.4) is 0 Å². The number of hydrogen-bond acceptors (Lipinski definition) is 4. The minimum atomic E-state index is -2.60. The molecule has 0 aliphatic rings. The van der Waals surface area contributed by atoms with Crippen LogP contribution in [0.4, 0.5) is 8.78 Å². The zero-order valence-corrected chi connectivity index (χ0v) is 17.2. The van der Waals surface area contributed by atoms with Gasteiger partial charge in [0, 0.05) is 30.3 Å². The quantitative estimate of drug-likeness (QED) is 0.633. The molecule has 1 aromatic carbocycles. The van der Waals surface area contributed by atoms with Crippen LogP contribution in [0, 0.1) is 6.92 Å². The summed E-state index contributed by atoms with van der Waals surface area (Å²) in [5, 5.41) is 3.06. The van der Waals surface area contributed by atoms with Gasteiger partial charge < -0.3 is 10.1 Å². The zero-order chi connectivity index (χ0) is 21.6. The Hall–Kier alpha value is -2.54. The van der Waals surface area contributed by atoms with Crippen molar-refractivity contribution in [2.24, 2.45) is 0 Å². The minimum Gasteiger partial charge on any atom is -0.486 e. The molecule has 29 heavy (non-hydrogen) atoms. The fourth-order valence-electron chi connectivity index (χ4n) is 2.74. The van der Waals surface area contributed by atoms with Crippen LogP contribution in [0.1, 0.15) is 53.5 Å². The Bertz CT molecular complexity index is 867. The monoisotopic (exact) mass is 424 g/mol. The maximum Gasteiger partial charge on any atom is 0.272 e. The van der Waals surface area contributed by atoms with Gasteiger partial charge in [0.15, 0.2) is 0 Å². The Kier molecular flexibility index (Phi) is 8.08. The molecule has 0 fully saturated rings. The molecule has 0 aliphatic carbocycles. The Morgan fingerprint density at radius 1 is 1.28 bits per heavy atom. The number of carbonyl (C=O) groups is 2. The van der Waals surface area contributed by atoms with E-state index < -0.39 is 19.1 Å². The fourth-order valence-corrected chi connectivity index (χ4v) is 3.07. The van der Waals surface area contributed by atoms with Crippen molar-refractivity contribution < 1.29 is 23.1 Å². The number of benzene rings is 1. The summed E-state index contributed by atoms with van der Waals surface area (Å²) < 4.78 is 29.8. The molecule has 1 amide bonds. The summed E-state index contributed by atoms with van der Waals surface area (Å²) in [6, 6.07) is 6.08. The van der Waals surface area contributed by atoms with Crippen LogP contribution in [0.25, 0.3) is 0 Å². The molecule has 0 radical (unpaired) electrons. The lowest BCUT2D eigenvalue weighted by molar-refractivity contribution is -0.118. The highest BCUT2D eigenvalue weighted by Crippen LogP contribution is 2.32. The van der Waals surface area contributed by atoms with Crippen LogP contribution >= 0.6 is 11.6 Å². The van der Waals surface area contributed by atoms with Crippen molar-refractivity contribution >= 4 is 23.3 Å². The molecular weight excluding hydrogens is 402 g/mol. The predicted molar refractivity (Wildman–Crippen MR) is 107 cm³/mol. The first kappa shape index (κ1) is 22.7. The highest BCUT2D eigenvalue weighted by molar-refractivity contribution is 6.32. The van der Waals surface area contributed by atoms with Crippen molar-refractivity contribution in [1.82, 2.24) is 10.3 Å². The molecule has 1 unspecified atom stereocenters. The normalized spacial score (nSPS) is 12.0. The number of hydrogen-bond donors (Lipinski definition) is 1. The molecule has 1 atom stereocenters. The van der Waals surface area contributed by atoms with E-state index in [1.54, 1.807) is 45.0 Å². The summed E-state index contributed by atoms with van der Waals surface area (Å²) >= 11 is 6.18. The van der Waals surface area contributed by atoms with E-state index in [1.165, 1.54) is 6.20 Å². The average Bonchev–Trinajstić information content (AvgIpc) is 2.66. The second-order valence-corrected chi connectivity index (χ2v) is 7.06. The molecule has 0 saturated heterocycles. The van der Waals surface area contributed by atoms with Crippen LogP contribution in [-0.2, 0) is 11.2 Å². The third-order valence-electron chi connectivity index (χ3n) is 4.30. The lowest BCUT2D eigenvalue weighted by Gasteiger charge is -2.18. The number of nitrogens with zero attached hydrogens (tertiary/aromatic N) is 1. The molecule has 1 N–H and O–H groups in total. The van der Waals surface area contributed by atoms with Gasteiger partial charge in [0.1, 0.15) is 18.1 Å². The van der Waals surface area contributed by atoms with Gasteiger partial charge >= 0.3 is 0 Å². The van der Waals surface area contributed by atoms with Crippen molar-refractivity contribution in [2.75, 3.05) is 6.61 Å². The van der Waals surface area contributed by atoms with Crippen molar-refractivity contribution in [1.29, 1.82) is 0 Å². The van der Waals surface area contributed by atoms with Gasteiger partial charge in [-0.1, -0.05) is 24.6 Å². The number of aryl methyl sites for hydroxylation is 1. The van der Waals surface area contributed by atoms with Crippen LogP contribution in [0.15, 0.2) is 30.5 Å². The molecule has 5 nitrogen and oxygen atoms in total. The van der Waals surface area contributed by atoms with Gasteiger partial charge in [0.2, 0.25) is 0 Å². The van der Waals surface area contributed by atoms with E-state index in [2.05, 4.69) is 10.3 Å². The van der Waals surface area contributed by atoms with Crippen molar-refractivity contribution in [3.8, 4) is 5.75 Å². The van der Waals surface area contributed by atoms with Crippen molar-refractivity contribution in [2.45, 2.75) is 46.1 Å². The molecule has 0 spiro atoms. The predicted octanol–water partition coefficient (Wildman–Crippen LogP) is 4.70. The maximum atomic E-state index is 12.6.